The Bertz CT molecular complexity index is 1190. The van der Waals surface area contributed by atoms with Crippen LogP contribution in [0, 0.1) is 0 Å². The van der Waals surface area contributed by atoms with Crippen molar-refractivity contribution in [3.63, 3.8) is 0 Å². The van der Waals surface area contributed by atoms with Crippen LogP contribution in [0.5, 0.6) is 5.75 Å². The van der Waals surface area contributed by atoms with E-state index in [2.05, 4.69) is 10.3 Å². The van der Waals surface area contributed by atoms with E-state index in [-0.39, 0.29) is 23.0 Å². The number of carbonyl (C=O) groups excluding carboxylic acids is 1. The molecule has 0 saturated carbocycles. The predicted octanol–water partition coefficient (Wildman–Crippen LogP) is 4.36. The first-order chi connectivity index (χ1) is 14.5. The average molecular weight is 423 g/mol. The molecule has 2 aromatic carbocycles. The standard InChI is InChI=1S/C25H30N2O4/c1-24(2,3)17-11-18(25(4,5)14-28)21(31-6)12-20(17)27-23(30)16-13-26-19-10-8-7-9-15(19)22(16)29/h7-13,28H,14H2,1-6H3,(H,26,29)(H,27,30). The fourth-order valence-electron chi connectivity index (χ4n) is 3.61. The quantitative estimate of drug-likeness (QED) is 0.570. The first kappa shape index (κ1) is 22.6. The third-order valence-electron chi connectivity index (χ3n) is 5.55. The molecule has 0 saturated heterocycles. The molecule has 3 rings (SSSR count). The zero-order valence-electron chi connectivity index (χ0n) is 18.9. The number of aromatic amines is 1. The Morgan fingerprint density at radius 2 is 1.77 bits per heavy atom. The monoisotopic (exact) mass is 422 g/mol. The van der Waals surface area contributed by atoms with E-state index in [4.69, 9.17) is 4.74 Å². The highest BCUT2D eigenvalue weighted by Gasteiger charge is 2.29. The van der Waals surface area contributed by atoms with Gasteiger partial charge in [-0.15, -0.1) is 0 Å². The molecule has 31 heavy (non-hydrogen) atoms. The van der Waals surface area contributed by atoms with E-state index in [1.165, 1.54) is 6.20 Å². The largest absolute Gasteiger partial charge is 0.496 e. The number of amides is 1. The third-order valence-corrected chi connectivity index (χ3v) is 5.55. The van der Waals surface area contributed by atoms with Gasteiger partial charge in [0, 0.05) is 39.8 Å². The first-order valence-corrected chi connectivity index (χ1v) is 10.2. The summed E-state index contributed by atoms with van der Waals surface area (Å²) in [6.45, 7) is 9.95. The molecule has 1 heterocycles. The number of nitrogens with one attached hydrogen (secondary N) is 2. The van der Waals surface area contributed by atoms with Crippen LogP contribution in [-0.4, -0.2) is 29.7 Å². The molecule has 6 heteroatoms. The number of hydrogen-bond donors (Lipinski definition) is 3. The summed E-state index contributed by atoms with van der Waals surface area (Å²) in [7, 11) is 1.56. The van der Waals surface area contributed by atoms with Gasteiger partial charge in [0.2, 0.25) is 5.43 Å². The molecule has 0 bridgehead atoms. The summed E-state index contributed by atoms with van der Waals surface area (Å²) in [5, 5.41) is 13.2. The Hall–Kier alpha value is -3.12. The average Bonchev–Trinajstić information content (AvgIpc) is 2.72. The summed E-state index contributed by atoms with van der Waals surface area (Å²) in [4.78, 5) is 29.0. The van der Waals surface area contributed by atoms with Gasteiger partial charge in [-0.25, -0.2) is 0 Å². The lowest BCUT2D eigenvalue weighted by atomic mass is 9.78. The number of aliphatic hydroxyl groups excluding tert-OH is 1. The van der Waals surface area contributed by atoms with Crippen molar-refractivity contribution in [2.45, 2.75) is 45.4 Å². The zero-order chi connectivity index (χ0) is 23.0. The number of aromatic nitrogens is 1. The molecule has 6 nitrogen and oxygen atoms in total. The maximum atomic E-state index is 13.1. The topological polar surface area (TPSA) is 91.4 Å². The van der Waals surface area contributed by atoms with Crippen LogP contribution in [0.1, 0.15) is 56.1 Å². The fraction of sp³-hybridized carbons (Fsp3) is 0.360. The van der Waals surface area contributed by atoms with Gasteiger partial charge in [-0.1, -0.05) is 46.8 Å². The Labute approximate surface area is 182 Å². The van der Waals surface area contributed by atoms with E-state index in [1.807, 2.05) is 46.8 Å². The summed E-state index contributed by atoms with van der Waals surface area (Å²) in [6.07, 6.45) is 1.44. The second-order valence-corrected chi connectivity index (χ2v) is 9.42. The van der Waals surface area contributed by atoms with Crippen molar-refractivity contribution in [1.82, 2.24) is 4.98 Å². The molecule has 0 aliphatic heterocycles. The third kappa shape index (κ3) is 4.35. The lowest BCUT2D eigenvalue weighted by Crippen LogP contribution is -2.27. The van der Waals surface area contributed by atoms with E-state index in [0.717, 1.165) is 11.1 Å². The molecular weight excluding hydrogens is 392 g/mol. The summed E-state index contributed by atoms with van der Waals surface area (Å²) in [5.41, 5.74) is 1.87. The number of ether oxygens (including phenoxy) is 1. The van der Waals surface area contributed by atoms with E-state index in [9.17, 15) is 14.7 Å². The van der Waals surface area contributed by atoms with Gasteiger partial charge in [0.1, 0.15) is 11.3 Å². The molecule has 3 aromatic rings. The van der Waals surface area contributed by atoms with E-state index in [0.29, 0.717) is 22.3 Å². The van der Waals surface area contributed by atoms with Gasteiger partial charge in [0.25, 0.3) is 5.91 Å². The molecular formula is C25H30N2O4. The van der Waals surface area contributed by atoms with Crippen molar-refractivity contribution in [2.24, 2.45) is 0 Å². The van der Waals surface area contributed by atoms with E-state index in [1.54, 1.807) is 31.4 Å². The van der Waals surface area contributed by atoms with Crippen molar-refractivity contribution in [2.75, 3.05) is 19.0 Å². The van der Waals surface area contributed by atoms with E-state index < -0.39 is 11.3 Å². The van der Waals surface area contributed by atoms with Crippen molar-refractivity contribution < 1.29 is 14.6 Å². The summed E-state index contributed by atoms with van der Waals surface area (Å²) in [5.74, 6) is 0.0727. The molecule has 0 aliphatic rings. The number of rotatable bonds is 5. The zero-order valence-corrected chi connectivity index (χ0v) is 18.9. The molecule has 164 valence electrons. The van der Waals surface area contributed by atoms with Crippen molar-refractivity contribution in [3.05, 3.63) is 69.5 Å². The van der Waals surface area contributed by atoms with Gasteiger partial charge < -0.3 is 20.1 Å². The minimum atomic E-state index is -0.524. The fourth-order valence-corrected chi connectivity index (χ4v) is 3.61. The number of pyridine rings is 1. The van der Waals surface area contributed by atoms with Crippen LogP contribution in [0.2, 0.25) is 0 Å². The Morgan fingerprint density at radius 3 is 2.39 bits per heavy atom. The summed E-state index contributed by atoms with van der Waals surface area (Å²) < 4.78 is 5.58. The number of fused-ring (bicyclic) bond motifs is 1. The molecule has 0 radical (unpaired) electrons. The van der Waals surface area contributed by atoms with Crippen LogP contribution >= 0.6 is 0 Å². The SMILES string of the molecule is COc1cc(NC(=O)c2c[nH]c3ccccc3c2=O)c(C(C)(C)C)cc1C(C)(C)CO. The lowest BCUT2D eigenvalue weighted by molar-refractivity contribution is 0.102. The number of anilines is 1. The predicted molar refractivity (Wildman–Crippen MR) is 124 cm³/mol. The van der Waals surface area contributed by atoms with Gasteiger partial charge in [-0.2, -0.15) is 0 Å². The highest BCUT2D eigenvalue weighted by Crippen LogP contribution is 2.40. The van der Waals surface area contributed by atoms with Gasteiger partial charge >= 0.3 is 0 Å². The molecule has 0 fully saturated rings. The van der Waals surface area contributed by atoms with Crippen molar-refractivity contribution >= 4 is 22.5 Å². The van der Waals surface area contributed by atoms with Gasteiger partial charge in [0.15, 0.2) is 0 Å². The van der Waals surface area contributed by atoms with Crippen LogP contribution < -0.4 is 15.5 Å². The van der Waals surface area contributed by atoms with Crippen LogP contribution in [0.25, 0.3) is 10.9 Å². The minimum absolute atomic E-state index is 0.0392. The number of aliphatic hydroxyl groups is 1. The summed E-state index contributed by atoms with van der Waals surface area (Å²) in [6, 6.07) is 10.8. The molecule has 0 atom stereocenters. The van der Waals surface area contributed by atoms with Crippen LogP contribution in [0.15, 0.2) is 47.4 Å². The number of carbonyl (C=O) groups is 1. The summed E-state index contributed by atoms with van der Waals surface area (Å²) >= 11 is 0. The number of para-hydroxylation sites is 1. The molecule has 3 N–H and O–H groups in total. The first-order valence-electron chi connectivity index (χ1n) is 10.2. The maximum Gasteiger partial charge on any atom is 0.261 e. The molecule has 1 amide bonds. The van der Waals surface area contributed by atoms with Gasteiger partial charge in [0.05, 0.1) is 13.7 Å². The second-order valence-electron chi connectivity index (χ2n) is 9.42. The molecule has 1 aromatic heterocycles. The number of H-pyrrole nitrogens is 1. The van der Waals surface area contributed by atoms with Gasteiger partial charge in [-0.05, 0) is 29.2 Å². The smallest absolute Gasteiger partial charge is 0.261 e. The van der Waals surface area contributed by atoms with Crippen molar-refractivity contribution in [1.29, 1.82) is 0 Å². The Morgan fingerprint density at radius 1 is 1.10 bits per heavy atom. The highest BCUT2D eigenvalue weighted by atomic mass is 16.5. The Kier molecular flexibility index (Phi) is 5.96. The van der Waals surface area contributed by atoms with Crippen molar-refractivity contribution in [3.8, 4) is 5.75 Å². The highest BCUT2D eigenvalue weighted by molar-refractivity contribution is 6.06. The van der Waals surface area contributed by atoms with Crippen LogP contribution in [-0.2, 0) is 10.8 Å². The minimum Gasteiger partial charge on any atom is -0.496 e. The molecule has 0 unspecified atom stereocenters. The maximum absolute atomic E-state index is 13.1. The van der Waals surface area contributed by atoms with Crippen LogP contribution in [0.4, 0.5) is 5.69 Å². The number of benzene rings is 2. The van der Waals surface area contributed by atoms with Gasteiger partial charge in [-0.3, -0.25) is 9.59 Å². The normalized spacial score (nSPS) is 12.1. The second kappa shape index (κ2) is 8.19. The van der Waals surface area contributed by atoms with E-state index >= 15 is 0 Å². The van der Waals surface area contributed by atoms with Crippen LogP contribution in [0.3, 0.4) is 0 Å². The number of methoxy groups -OCH3 is 1. The Balaban J connectivity index is 2.11. The molecule has 0 spiro atoms. The molecule has 0 aliphatic carbocycles. The lowest BCUT2D eigenvalue weighted by Gasteiger charge is -2.30. The number of hydrogen-bond acceptors (Lipinski definition) is 4.